The van der Waals surface area contributed by atoms with Crippen LogP contribution in [0.15, 0.2) is 46.2 Å². The van der Waals surface area contributed by atoms with Crippen LogP contribution in [-0.2, 0) is 22.6 Å². The van der Waals surface area contributed by atoms with E-state index in [-0.39, 0.29) is 24.2 Å². The molecule has 2 aromatic heterocycles. The number of oxazole rings is 1. The van der Waals surface area contributed by atoms with Crippen molar-refractivity contribution < 1.29 is 14.0 Å². The van der Waals surface area contributed by atoms with Crippen molar-refractivity contribution in [1.29, 1.82) is 0 Å². The fraction of sp³-hybridized carbons (Fsp3) is 0.348. The predicted molar refractivity (Wildman–Crippen MR) is 117 cm³/mol. The summed E-state index contributed by atoms with van der Waals surface area (Å²) in [5.74, 6) is 1.31. The number of aromatic nitrogens is 1. The zero-order valence-electron chi connectivity index (χ0n) is 16.9. The molecule has 30 heavy (non-hydrogen) atoms. The third-order valence-corrected chi connectivity index (χ3v) is 6.22. The first kappa shape index (κ1) is 20.3. The van der Waals surface area contributed by atoms with Crippen LogP contribution >= 0.6 is 11.3 Å². The topological polar surface area (TPSA) is 84.2 Å². The molecule has 0 saturated heterocycles. The maximum absolute atomic E-state index is 12.4. The normalized spacial score (nSPS) is 14.0. The molecule has 2 heterocycles. The SMILES string of the molecule is Cc1oc(-c2cccs2)nc1CC(=O)NCc1cccc(NC(=O)C2CCCC2)c1. The molecule has 1 aliphatic rings. The van der Waals surface area contributed by atoms with Gasteiger partial charge in [-0.2, -0.15) is 0 Å². The Hall–Kier alpha value is -2.93. The molecule has 1 aliphatic carbocycles. The van der Waals surface area contributed by atoms with Crippen LogP contribution in [0.2, 0.25) is 0 Å². The lowest BCUT2D eigenvalue weighted by molar-refractivity contribution is -0.121. The summed E-state index contributed by atoms with van der Waals surface area (Å²) in [6.07, 6.45) is 4.36. The van der Waals surface area contributed by atoms with Gasteiger partial charge in [0.1, 0.15) is 5.76 Å². The van der Waals surface area contributed by atoms with E-state index in [1.165, 1.54) is 0 Å². The minimum atomic E-state index is -0.121. The summed E-state index contributed by atoms with van der Waals surface area (Å²) in [4.78, 5) is 30.1. The van der Waals surface area contributed by atoms with Gasteiger partial charge >= 0.3 is 0 Å². The number of aryl methyl sites for hydroxylation is 1. The Balaban J connectivity index is 1.31. The molecule has 3 aromatic rings. The lowest BCUT2D eigenvalue weighted by Gasteiger charge is -2.11. The van der Waals surface area contributed by atoms with Crippen LogP contribution in [0.1, 0.15) is 42.7 Å². The molecule has 0 radical (unpaired) electrons. The Bertz CT molecular complexity index is 1020. The molecular formula is C23H25N3O3S. The van der Waals surface area contributed by atoms with Crippen molar-refractivity contribution in [2.75, 3.05) is 5.32 Å². The van der Waals surface area contributed by atoms with Crippen LogP contribution < -0.4 is 10.6 Å². The summed E-state index contributed by atoms with van der Waals surface area (Å²) in [5, 5.41) is 7.89. The molecule has 1 fully saturated rings. The van der Waals surface area contributed by atoms with E-state index in [1.807, 2.05) is 48.7 Å². The number of benzene rings is 1. The molecule has 2 N–H and O–H groups in total. The second-order valence-corrected chi connectivity index (χ2v) is 8.57. The van der Waals surface area contributed by atoms with Gasteiger partial charge in [-0.1, -0.05) is 31.0 Å². The molecule has 0 spiro atoms. The number of nitrogens with one attached hydrogen (secondary N) is 2. The Morgan fingerprint density at radius 1 is 1.20 bits per heavy atom. The van der Waals surface area contributed by atoms with Crippen molar-refractivity contribution >= 4 is 28.8 Å². The smallest absolute Gasteiger partial charge is 0.236 e. The average molecular weight is 424 g/mol. The van der Waals surface area contributed by atoms with E-state index >= 15 is 0 Å². The quantitative estimate of drug-likeness (QED) is 0.577. The molecule has 4 rings (SSSR count). The molecule has 1 aromatic carbocycles. The predicted octanol–water partition coefficient (Wildman–Crippen LogP) is 4.70. The number of carbonyl (C=O) groups excluding carboxylic acids is 2. The maximum atomic E-state index is 12.4. The number of carbonyl (C=O) groups is 2. The van der Waals surface area contributed by atoms with Crippen LogP contribution in [0.5, 0.6) is 0 Å². The fourth-order valence-corrected chi connectivity index (χ4v) is 4.35. The van der Waals surface area contributed by atoms with Crippen molar-refractivity contribution in [1.82, 2.24) is 10.3 Å². The number of rotatable bonds is 7. The second-order valence-electron chi connectivity index (χ2n) is 7.62. The summed E-state index contributed by atoms with van der Waals surface area (Å²) >= 11 is 1.55. The first-order chi connectivity index (χ1) is 14.6. The largest absolute Gasteiger partial charge is 0.440 e. The van der Waals surface area contributed by atoms with E-state index in [0.29, 0.717) is 23.9 Å². The van der Waals surface area contributed by atoms with Crippen LogP contribution in [0.3, 0.4) is 0 Å². The molecule has 0 bridgehead atoms. The molecule has 156 valence electrons. The highest BCUT2D eigenvalue weighted by Crippen LogP contribution is 2.27. The summed E-state index contributed by atoms with van der Waals surface area (Å²) in [6, 6.07) is 11.5. The molecule has 6 nitrogen and oxygen atoms in total. The summed E-state index contributed by atoms with van der Waals surface area (Å²) < 4.78 is 5.70. The number of anilines is 1. The molecule has 0 atom stereocenters. The Kier molecular flexibility index (Phi) is 6.28. The molecule has 2 amide bonds. The standard InChI is InChI=1S/C23H25N3O3S/c1-15-19(26-23(29-15)20-10-5-11-30-20)13-21(27)24-14-16-6-4-9-18(12-16)25-22(28)17-7-2-3-8-17/h4-6,9-12,17H,2-3,7-8,13-14H2,1H3,(H,24,27)(H,25,28). The first-order valence-electron chi connectivity index (χ1n) is 10.2. The number of hydrogen-bond donors (Lipinski definition) is 2. The molecule has 0 aliphatic heterocycles. The summed E-state index contributed by atoms with van der Waals surface area (Å²) in [5.41, 5.74) is 2.35. The zero-order chi connectivity index (χ0) is 20.9. The van der Waals surface area contributed by atoms with E-state index in [9.17, 15) is 9.59 Å². The monoisotopic (exact) mass is 423 g/mol. The van der Waals surface area contributed by atoms with Gasteiger partial charge in [-0.25, -0.2) is 4.98 Å². The highest BCUT2D eigenvalue weighted by molar-refractivity contribution is 7.13. The summed E-state index contributed by atoms with van der Waals surface area (Å²) in [6.45, 7) is 2.21. The molecule has 0 unspecified atom stereocenters. The van der Waals surface area contributed by atoms with Gasteiger partial charge in [0.25, 0.3) is 0 Å². The number of hydrogen-bond acceptors (Lipinski definition) is 5. The van der Waals surface area contributed by atoms with Gasteiger partial charge in [-0.15, -0.1) is 11.3 Å². The maximum Gasteiger partial charge on any atom is 0.236 e. The van der Waals surface area contributed by atoms with Gasteiger partial charge in [0, 0.05) is 18.2 Å². The van der Waals surface area contributed by atoms with Gasteiger partial charge < -0.3 is 15.1 Å². The Morgan fingerprint density at radius 2 is 2.03 bits per heavy atom. The van der Waals surface area contributed by atoms with Crippen LogP contribution in [0.4, 0.5) is 5.69 Å². The highest BCUT2D eigenvalue weighted by Gasteiger charge is 2.22. The minimum absolute atomic E-state index is 0.0942. The lowest BCUT2D eigenvalue weighted by atomic mass is 10.1. The average Bonchev–Trinajstić information content (AvgIpc) is 3.49. The van der Waals surface area contributed by atoms with E-state index in [4.69, 9.17) is 4.42 Å². The van der Waals surface area contributed by atoms with Crippen molar-refractivity contribution in [3.05, 3.63) is 58.8 Å². The lowest BCUT2D eigenvalue weighted by Crippen LogP contribution is -2.25. The molecule has 1 saturated carbocycles. The van der Waals surface area contributed by atoms with E-state index in [1.54, 1.807) is 11.3 Å². The van der Waals surface area contributed by atoms with Gasteiger partial charge in [0.2, 0.25) is 17.7 Å². The first-order valence-corrected chi connectivity index (χ1v) is 11.1. The van der Waals surface area contributed by atoms with Gasteiger partial charge in [0.05, 0.1) is 17.0 Å². The van der Waals surface area contributed by atoms with Crippen molar-refractivity contribution in [3.63, 3.8) is 0 Å². The fourth-order valence-electron chi connectivity index (χ4n) is 3.70. The number of nitrogens with zero attached hydrogens (tertiary/aromatic N) is 1. The van der Waals surface area contributed by atoms with E-state index < -0.39 is 0 Å². The van der Waals surface area contributed by atoms with E-state index in [2.05, 4.69) is 15.6 Å². The number of thiophene rings is 1. The van der Waals surface area contributed by atoms with Crippen molar-refractivity contribution in [3.8, 4) is 10.8 Å². The number of amides is 2. The van der Waals surface area contributed by atoms with Crippen LogP contribution in [0, 0.1) is 12.8 Å². The van der Waals surface area contributed by atoms with Crippen molar-refractivity contribution in [2.24, 2.45) is 5.92 Å². The molecule has 7 heteroatoms. The van der Waals surface area contributed by atoms with Gasteiger partial charge in [-0.3, -0.25) is 9.59 Å². The van der Waals surface area contributed by atoms with Crippen molar-refractivity contribution in [2.45, 2.75) is 45.6 Å². The third-order valence-electron chi connectivity index (χ3n) is 5.36. The molecular weight excluding hydrogens is 398 g/mol. The summed E-state index contributed by atoms with van der Waals surface area (Å²) in [7, 11) is 0. The van der Waals surface area contributed by atoms with Crippen LogP contribution in [0.25, 0.3) is 10.8 Å². The highest BCUT2D eigenvalue weighted by atomic mass is 32.1. The second kappa shape index (κ2) is 9.26. The minimum Gasteiger partial charge on any atom is -0.440 e. The zero-order valence-corrected chi connectivity index (χ0v) is 17.8. The van der Waals surface area contributed by atoms with Gasteiger partial charge in [0.15, 0.2) is 0 Å². The Morgan fingerprint density at radius 3 is 2.80 bits per heavy atom. The van der Waals surface area contributed by atoms with E-state index in [0.717, 1.165) is 41.8 Å². The van der Waals surface area contributed by atoms with Crippen LogP contribution in [-0.4, -0.2) is 16.8 Å². The third kappa shape index (κ3) is 4.97. The van der Waals surface area contributed by atoms with Gasteiger partial charge in [-0.05, 0) is 48.9 Å². The Labute approximate surface area is 179 Å².